The van der Waals surface area contributed by atoms with Gasteiger partial charge >= 0.3 is 0 Å². The lowest BCUT2D eigenvalue weighted by Crippen LogP contribution is -2.30. The SMILES string of the molecule is CC1CCNC(c2ccc3cccnc3c2)C1. The fourth-order valence-electron chi connectivity index (χ4n) is 2.66. The summed E-state index contributed by atoms with van der Waals surface area (Å²) < 4.78 is 0. The Morgan fingerprint density at radius 2 is 2.24 bits per heavy atom. The Hall–Kier alpha value is -1.41. The Kier molecular flexibility index (Phi) is 2.81. The van der Waals surface area contributed by atoms with Crippen molar-refractivity contribution in [2.75, 3.05) is 6.54 Å². The Labute approximate surface area is 102 Å². The third-order valence-corrected chi connectivity index (χ3v) is 3.70. The molecule has 0 aliphatic carbocycles. The van der Waals surface area contributed by atoms with E-state index in [1.165, 1.54) is 23.8 Å². The Bertz CT molecular complexity index is 521. The molecule has 0 radical (unpaired) electrons. The number of rotatable bonds is 1. The third kappa shape index (κ3) is 2.18. The smallest absolute Gasteiger partial charge is 0.0705 e. The molecule has 1 aromatic heterocycles. The van der Waals surface area contributed by atoms with Crippen molar-refractivity contribution in [2.45, 2.75) is 25.8 Å². The van der Waals surface area contributed by atoms with Crippen LogP contribution in [0.2, 0.25) is 0 Å². The summed E-state index contributed by atoms with van der Waals surface area (Å²) in [5, 5.41) is 4.83. The molecule has 1 aliphatic heterocycles. The molecule has 1 N–H and O–H groups in total. The number of aromatic nitrogens is 1. The van der Waals surface area contributed by atoms with Gasteiger partial charge in [0, 0.05) is 17.6 Å². The average molecular weight is 226 g/mol. The molecule has 1 aromatic carbocycles. The second-order valence-electron chi connectivity index (χ2n) is 5.09. The van der Waals surface area contributed by atoms with Gasteiger partial charge in [-0.05, 0) is 43.0 Å². The van der Waals surface area contributed by atoms with Crippen LogP contribution in [-0.2, 0) is 0 Å². The van der Waals surface area contributed by atoms with E-state index in [0.717, 1.165) is 18.0 Å². The van der Waals surface area contributed by atoms with Crippen molar-refractivity contribution in [1.29, 1.82) is 0 Å². The zero-order chi connectivity index (χ0) is 11.7. The normalized spacial score (nSPS) is 25.0. The minimum absolute atomic E-state index is 0.505. The molecule has 2 heterocycles. The van der Waals surface area contributed by atoms with Crippen LogP contribution in [0, 0.1) is 5.92 Å². The number of nitrogens with zero attached hydrogens (tertiary/aromatic N) is 1. The number of benzene rings is 1. The highest BCUT2D eigenvalue weighted by molar-refractivity contribution is 5.78. The Morgan fingerprint density at radius 1 is 1.29 bits per heavy atom. The fraction of sp³-hybridized carbons (Fsp3) is 0.400. The van der Waals surface area contributed by atoms with E-state index in [-0.39, 0.29) is 0 Å². The van der Waals surface area contributed by atoms with E-state index < -0.39 is 0 Å². The first kappa shape index (κ1) is 10.7. The van der Waals surface area contributed by atoms with Gasteiger partial charge < -0.3 is 5.32 Å². The molecule has 3 rings (SSSR count). The summed E-state index contributed by atoms with van der Waals surface area (Å²) in [5.41, 5.74) is 2.48. The first-order valence-corrected chi connectivity index (χ1v) is 6.41. The second-order valence-corrected chi connectivity index (χ2v) is 5.09. The highest BCUT2D eigenvalue weighted by Crippen LogP contribution is 2.28. The highest BCUT2D eigenvalue weighted by Gasteiger charge is 2.19. The molecule has 88 valence electrons. The molecule has 0 amide bonds. The molecule has 0 spiro atoms. The Balaban J connectivity index is 1.94. The molecule has 1 fully saturated rings. The van der Waals surface area contributed by atoms with Gasteiger partial charge in [-0.3, -0.25) is 4.98 Å². The van der Waals surface area contributed by atoms with Crippen LogP contribution in [0.5, 0.6) is 0 Å². The molecule has 2 unspecified atom stereocenters. The summed E-state index contributed by atoms with van der Waals surface area (Å²) in [6.07, 6.45) is 4.39. The summed E-state index contributed by atoms with van der Waals surface area (Å²) in [5.74, 6) is 0.820. The van der Waals surface area contributed by atoms with Crippen molar-refractivity contribution in [3.05, 3.63) is 42.1 Å². The van der Waals surface area contributed by atoms with E-state index in [9.17, 15) is 0 Å². The van der Waals surface area contributed by atoms with E-state index in [0.29, 0.717) is 6.04 Å². The van der Waals surface area contributed by atoms with Gasteiger partial charge in [-0.25, -0.2) is 0 Å². The fourth-order valence-corrected chi connectivity index (χ4v) is 2.66. The van der Waals surface area contributed by atoms with Crippen molar-refractivity contribution >= 4 is 10.9 Å². The predicted molar refractivity (Wildman–Crippen MR) is 70.9 cm³/mol. The minimum atomic E-state index is 0.505. The van der Waals surface area contributed by atoms with E-state index >= 15 is 0 Å². The topological polar surface area (TPSA) is 24.9 Å². The van der Waals surface area contributed by atoms with Crippen LogP contribution in [0.15, 0.2) is 36.5 Å². The van der Waals surface area contributed by atoms with Crippen LogP contribution in [0.4, 0.5) is 0 Å². The summed E-state index contributed by atoms with van der Waals surface area (Å²) in [4.78, 5) is 4.43. The van der Waals surface area contributed by atoms with Crippen molar-refractivity contribution in [2.24, 2.45) is 5.92 Å². The van der Waals surface area contributed by atoms with Gasteiger partial charge in [0.05, 0.1) is 5.52 Å². The average Bonchev–Trinajstić information content (AvgIpc) is 2.38. The number of pyridine rings is 1. The molecule has 1 aliphatic rings. The quantitative estimate of drug-likeness (QED) is 0.807. The minimum Gasteiger partial charge on any atom is -0.310 e. The summed E-state index contributed by atoms with van der Waals surface area (Å²) in [7, 11) is 0. The number of hydrogen-bond donors (Lipinski definition) is 1. The first-order valence-electron chi connectivity index (χ1n) is 6.41. The van der Waals surface area contributed by atoms with Crippen molar-refractivity contribution in [3.63, 3.8) is 0 Å². The van der Waals surface area contributed by atoms with Crippen molar-refractivity contribution < 1.29 is 0 Å². The Morgan fingerprint density at radius 3 is 3.12 bits per heavy atom. The second kappa shape index (κ2) is 4.46. The van der Waals surface area contributed by atoms with E-state index in [1.54, 1.807) is 0 Å². The van der Waals surface area contributed by atoms with Gasteiger partial charge in [0.25, 0.3) is 0 Å². The van der Waals surface area contributed by atoms with Crippen molar-refractivity contribution in [3.8, 4) is 0 Å². The van der Waals surface area contributed by atoms with E-state index in [4.69, 9.17) is 0 Å². The standard InChI is InChI=1S/C15H18N2/c1-11-6-8-17-14(9-11)13-5-4-12-3-2-7-16-15(12)10-13/h2-5,7,10-11,14,17H,6,8-9H2,1H3. The number of fused-ring (bicyclic) bond motifs is 1. The summed E-state index contributed by atoms with van der Waals surface area (Å²) >= 11 is 0. The molecule has 2 aromatic rings. The van der Waals surface area contributed by atoms with Crippen LogP contribution >= 0.6 is 0 Å². The predicted octanol–water partition coefficient (Wildman–Crippen LogP) is 3.30. The number of hydrogen-bond acceptors (Lipinski definition) is 2. The van der Waals surface area contributed by atoms with Crippen LogP contribution in [0.3, 0.4) is 0 Å². The third-order valence-electron chi connectivity index (χ3n) is 3.70. The zero-order valence-electron chi connectivity index (χ0n) is 10.2. The maximum absolute atomic E-state index is 4.43. The lowest BCUT2D eigenvalue weighted by atomic mass is 9.90. The van der Waals surface area contributed by atoms with Crippen LogP contribution in [0.25, 0.3) is 10.9 Å². The van der Waals surface area contributed by atoms with Gasteiger partial charge in [0.15, 0.2) is 0 Å². The lowest BCUT2D eigenvalue weighted by molar-refractivity contribution is 0.325. The molecule has 2 nitrogen and oxygen atoms in total. The molecule has 0 bridgehead atoms. The van der Waals surface area contributed by atoms with Crippen LogP contribution in [-0.4, -0.2) is 11.5 Å². The summed E-state index contributed by atoms with van der Waals surface area (Å²) in [6, 6.07) is 11.3. The largest absolute Gasteiger partial charge is 0.310 e. The molecular formula is C15H18N2. The number of nitrogens with one attached hydrogen (secondary N) is 1. The first-order chi connectivity index (χ1) is 8.33. The van der Waals surface area contributed by atoms with Crippen LogP contribution in [0.1, 0.15) is 31.4 Å². The molecule has 2 atom stereocenters. The number of piperidine rings is 1. The molecule has 17 heavy (non-hydrogen) atoms. The monoisotopic (exact) mass is 226 g/mol. The molecular weight excluding hydrogens is 208 g/mol. The molecule has 2 heteroatoms. The van der Waals surface area contributed by atoms with Gasteiger partial charge in [0.1, 0.15) is 0 Å². The van der Waals surface area contributed by atoms with Gasteiger partial charge in [-0.15, -0.1) is 0 Å². The van der Waals surface area contributed by atoms with Gasteiger partial charge in [0.2, 0.25) is 0 Å². The molecule has 1 saturated heterocycles. The highest BCUT2D eigenvalue weighted by atomic mass is 14.9. The maximum atomic E-state index is 4.43. The molecule has 0 saturated carbocycles. The summed E-state index contributed by atoms with van der Waals surface area (Å²) in [6.45, 7) is 3.47. The van der Waals surface area contributed by atoms with Crippen LogP contribution < -0.4 is 5.32 Å². The van der Waals surface area contributed by atoms with E-state index in [2.05, 4.69) is 41.5 Å². The van der Waals surface area contributed by atoms with Gasteiger partial charge in [-0.1, -0.05) is 25.1 Å². The zero-order valence-corrected chi connectivity index (χ0v) is 10.2. The van der Waals surface area contributed by atoms with Gasteiger partial charge in [-0.2, -0.15) is 0 Å². The lowest BCUT2D eigenvalue weighted by Gasteiger charge is -2.28. The van der Waals surface area contributed by atoms with Crippen molar-refractivity contribution in [1.82, 2.24) is 10.3 Å². The maximum Gasteiger partial charge on any atom is 0.0705 e. The van der Waals surface area contributed by atoms with E-state index in [1.807, 2.05) is 12.3 Å².